The van der Waals surface area contributed by atoms with E-state index < -0.39 is 30.0 Å². The SMILES string of the molecule is CCC(F)(F)c1cccc(NC(=O)c2c(C)[nH]c(-c3ccc(C(F)(F)F)c(-c4c(C)cccc4C)c3)[n+]2O)c1. The minimum atomic E-state index is -4.63. The summed E-state index contributed by atoms with van der Waals surface area (Å²) < 4.78 is 70.7. The molecule has 0 radical (unpaired) electrons. The molecule has 1 heterocycles. The fraction of sp³-hybridized carbons (Fsp3) is 0.241. The number of anilines is 1. The standard InChI is InChI=1S/C29H26F5N3O2/c1-5-28(30,31)20-10-7-11-21(15-20)36-27(38)25-18(4)35-26(37(25)39)19-12-13-23(29(32,33)34)22(14-19)24-16(2)8-6-9-17(24)3/h6-15,39H,5H2,1-4H3,(H,36,38)/p+1. The number of aromatic nitrogens is 2. The van der Waals surface area contributed by atoms with Gasteiger partial charge in [-0.3, -0.25) is 4.79 Å². The number of halogens is 5. The summed E-state index contributed by atoms with van der Waals surface area (Å²) in [5.41, 5.74) is 0.826. The first-order valence-electron chi connectivity index (χ1n) is 12.2. The van der Waals surface area contributed by atoms with Crippen LogP contribution in [-0.4, -0.2) is 16.1 Å². The highest BCUT2D eigenvalue weighted by Crippen LogP contribution is 2.41. The number of aryl methyl sites for hydroxylation is 3. The number of aromatic amines is 1. The number of carbonyl (C=O) groups is 1. The van der Waals surface area contributed by atoms with E-state index in [4.69, 9.17) is 0 Å². The van der Waals surface area contributed by atoms with E-state index in [1.54, 1.807) is 32.0 Å². The first-order valence-corrected chi connectivity index (χ1v) is 12.2. The lowest BCUT2D eigenvalue weighted by molar-refractivity contribution is -0.896. The molecule has 4 rings (SSSR count). The molecule has 1 amide bonds. The van der Waals surface area contributed by atoms with Crippen LogP contribution >= 0.6 is 0 Å². The number of rotatable bonds is 6. The maximum absolute atomic E-state index is 14.1. The minimum Gasteiger partial charge on any atom is -0.349 e. The third kappa shape index (κ3) is 5.36. The van der Waals surface area contributed by atoms with Crippen molar-refractivity contribution in [2.45, 2.75) is 46.2 Å². The van der Waals surface area contributed by atoms with E-state index in [1.165, 1.54) is 44.2 Å². The van der Waals surface area contributed by atoms with Gasteiger partial charge in [0, 0.05) is 24.6 Å². The van der Waals surface area contributed by atoms with Crippen LogP contribution in [0.15, 0.2) is 60.7 Å². The van der Waals surface area contributed by atoms with Gasteiger partial charge in [0.15, 0.2) is 5.69 Å². The zero-order valence-corrected chi connectivity index (χ0v) is 21.7. The van der Waals surface area contributed by atoms with Crippen molar-refractivity contribution in [3.63, 3.8) is 0 Å². The van der Waals surface area contributed by atoms with E-state index in [0.717, 1.165) is 12.1 Å². The third-order valence-electron chi connectivity index (χ3n) is 6.64. The molecular weight excluding hydrogens is 517 g/mol. The largest absolute Gasteiger partial charge is 0.417 e. The fourth-order valence-corrected chi connectivity index (χ4v) is 4.63. The first kappa shape index (κ1) is 27.8. The van der Waals surface area contributed by atoms with Crippen LogP contribution in [0.25, 0.3) is 22.5 Å². The Hall–Kier alpha value is -4.21. The number of alkyl halides is 5. The molecule has 10 heteroatoms. The number of H-pyrrole nitrogens is 1. The van der Waals surface area contributed by atoms with Gasteiger partial charge in [0.05, 0.1) is 11.1 Å². The third-order valence-corrected chi connectivity index (χ3v) is 6.64. The molecule has 0 saturated heterocycles. The van der Waals surface area contributed by atoms with Crippen LogP contribution in [0.2, 0.25) is 0 Å². The van der Waals surface area contributed by atoms with Crippen molar-refractivity contribution in [3.05, 3.63) is 94.3 Å². The van der Waals surface area contributed by atoms with E-state index >= 15 is 0 Å². The fourth-order valence-electron chi connectivity index (χ4n) is 4.63. The Morgan fingerprint density at radius 1 is 0.949 bits per heavy atom. The Morgan fingerprint density at radius 3 is 2.21 bits per heavy atom. The second-order valence-corrected chi connectivity index (χ2v) is 9.38. The molecule has 0 atom stereocenters. The molecule has 0 unspecified atom stereocenters. The van der Waals surface area contributed by atoms with Gasteiger partial charge in [-0.25, -0.2) is 13.8 Å². The van der Waals surface area contributed by atoms with Crippen LogP contribution in [0.4, 0.5) is 27.6 Å². The van der Waals surface area contributed by atoms with E-state index in [1.807, 2.05) is 0 Å². The van der Waals surface area contributed by atoms with Gasteiger partial charge in [-0.2, -0.15) is 13.2 Å². The van der Waals surface area contributed by atoms with Gasteiger partial charge in [0.25, 0.3) is 11.6 Å². The van der Waals surface area contributed by atoms with Gasteiger partial charge < -0.3 is 10.5 Å². The van der Waals surface area contributed by atoms with Crippen molar-refractivity contribution in [1.29, 1.82) is 0 Å². The number of imidazole rings is 1. The smallest absolute Gasteiger partial charge is 0.349 e. The quantitative estimate of drug-likeness (QED) is 0.133. The Kier molecular flexibility index (Phi) is 7.25. The van der Waals surface area contributed by atoms with Gasteiger partial charge in [0.2, 0.25) is 0 Å². The molecule has 0 spiro atoms. The summed E-state index contributed by atoms with van der Waals surface area (Å²) in [4.78, 5) is 15.9. The molecule has 3 aromatic carbocycles. The highest BCUT2D eigenvalue weighted by atomic mass is 19.4. The van der Waals surface area contributed by atoms with Crippen molar-refractivity contribution in [2.24, 2.45) is 0 Å². The summed E-state index contributed by atoms with van der Waals surface area (Å²) in [7, 11) is 0. The number of amides is 1. The lowest BCUT2D eigenvalue weighted by atomic mass is 9.90. The number of nitrogens with zero attached hydrogens (tertiary/aromatic N) is 1. The van der Waals surface area contributed by atoms with Crippen molar-refractivity contribution >= 4 is 11.6 Å². The van der Waals surface area contributed by atoms with Crippen molar-refractivity contribution in [3.8, 4) is 22.5 Å². The van der Waals surface area contributed by atoms with E-state index in [0.29, 0.717) is 21.4 Å². The number of nitrogens with one attached hydrogen (secondary N) is 2. The molecule has 204 valence electrons. The first-order chi connectivity index (χ1) is 18.2. The number of hydrogen-bond donors (Lipinski definition) is 3. The number of hydrogen-bond acceptors (Lipinski definition) is 2. The van der Waals surface area contributed by atoms with Crippen molar-refractivity contribution < 1.29 is 36.7 Å². The summed E-state index contributed by atoms with van der Waals surface area (Å²) in [5.74, 6) is -3.90. The molecule has 0 aliphatic heterocycles. The summed E-state index contributed by atoms with van der Waals surface area (Å²) in [5, 5.41) is 13.4. The van der Waals surface area contributed by atoms with Gasteiger partial charge >= 0.3 is 17.9 Å². The second kappa shape index (κ2) is 10.2. The molecular formula is C29H27F5N3O2+. The zero-order valence-electron chi connectivity index (χ0n) is 21.7. The van der Waals surface area contributed by atoms with E-state index in [-0.39, 0.29) is 39.6 Å². The molecule has 4 aromatic rings. The molecule has 39 heavy (non-hydrogen) atoms. The molecule has 1 aromatic heterocycles. The Labute approximate surface area is 221 Å². The summed E-state index contributed by atoms with van der Waals surface area (Å²) in [6.07, 6.45) is -5.05. The minimum absolute atomic E-state index is 0.0230. The molecule has 0 saturated carbocycles. The highest BCUT2D eigenvalue weighted by Gasteiger charge is 2.36. The van der Waals surface area contributed by atoms with Crippen LogP contribution in [0.5, 0.6) is 0 Å². The average Bonchev–Trinajstić information content (AvgIpc) is 3.17. The summed E-state index contributed by atoms with van der Waals surface area (Å²) in [6, 6.07) is 13.9. The Bertz CT molecular complexity index is 1540. The van der Waals surface area contributed by atoms with Gasteiger partial charge in [-0.05, 0) is 71.2 Å². The number of benzene rings is 3. The normalized spacial score (nSPS) is 12.0. The van der Waals surface area contributed by atoms with Gasteiger partial charge in [0.1, 0.15) is 0 Å². The van der Waals surface area contributed by atoms with Crippen LogP contribution in [0.1, 0.15) is 51.8 Å². The van der Waals surface area contributed by atoms with Crippen LogP contribution in [0, 0.1) is 20.8 Å². The second-order valence-electron chi connectivity index (χ2n) is 9.38. The molecule has 0 bridgehead atoms. The monoisotopic (exact) mass is 544 g/mol. The zero-order chi connectivity index (χ0) is 28.7. The lowest BCUT2D eigenvalue weighted by Gasteiger charge is -2.17. The Morgan fingerprint density at radius 2 is 1.59 bits per heavy atom. The molecule has 5 nitrogen and oxygen atoms in total. The molecule has 3 N–H and O–H groups in total. The Balaban J connectivity index is 1.76. The maximum atomic E-state index is 14.1. The van der Waals surface area contributed by atoms with Crippen LogP contribution in [-0.2, 0) is 12.1 Å². The van der Waals surface area contributed by atoms with Crippen molar-refractivity contribution in [2.75, 3.05) is 5.32 Å². The van der Waals surface area contributed by atoms with Gasteiger partial charge in [-0.1, -0.05) is 37.3 Å². The number of carbonyl (C=O) groups excluding carboxylic acids is 1. The van der Waals surface area contributed by atoms with Crippen molar-refractivity contribution in [1.82, 2.24) is 4.98 Å². The van der Waals surface area contributed by atoms with E-state index in [9.17, 15) is 32.0 Å². The topological polar surface area (TPSA) is 69.0 Å². The predicted molar refractivity (Wildman–Crippen MR) is 137 cm³/mol. The van der Waals surface area contributed by atoms with Crippen LogP contribution < -0.4 is 10.0 Å². The average molecular weight is 545 g/mol. The van der Waals surface area contributed by atoms with E-state index in [2.05, 4.69) is 10.3 Å². The van der Waals surface area contributed by atoms with Crippen LogP contribution in [0.3, 0.4) is 0 Å². The summed E-state index contributed by atoms with van der Waals surface area (Å²) in [6.45, 7) is 6.28. The van der Waals surface area contributed by atoms with Gasteiger partial charge in [-0.15, -0.1) is 0 Å². The predicted octanol–water partition coefficient (Wildman–Crippen LogP) is 7.57. The maximum Gasteiger partial charge on any atom is 0.417 e. The molecule has 0 fully saturated rings. The lowest BCUT2D eigenvalue weighted by Crippen LogP contribution is -2.39. The highest BCUT2D eigenvalue weighted by molar-refractivity contribution is 6.02. The molecule has 0 aliphatic carbocycles. The summed E-state index contributed by atoms with van der Waals surface area (Å²) >= 11 is 0. The molecule has 0 aliphatic rings.